The molecule has 1 aromatic carbocycles. The summed E-state index contributed by atoms with van der Waals surface area (Å²) in [5.41, 5.74) is 2.31. The van der Waals surface area contributed by atoms with Gasteiger partial charge in [0.1, 0.15) is 17.4 Å². The lowest BCUT2D eigenvalue weighted by Gasteiger charge is -2.26. The van der Waals surface area contributed by atoms with E-state index in [1.807, 2.05) is 24.3 Å². The Balaban J connectivity index is 1.88. The second kappa shape index (κ2) is 5.83. The van der Waals surface area contributed by atoms with E-state index in [9.17, 15) is 5.26 Å². The van der Waals surface area contributed by atoms with Crippen LogP contribution < -0.4 is 9.47 Å². The molecule has 25 heavy (non-hydrogen) atoms. The number of aromatic nitrogens is 2. The first kappa shape index (κ1) is 15.0. The third kappa shape index (κ3) is 2.35. The van der Waals surface area contributed by atoms with E-state index in [-0.39, 0.29) is 5.90 Å². The highest BCUT2D eigenvalue weighted by molar-refractivity contribution is 5.86. The molecule has 1 aliphatic heterocycles. The monoisotopic (exact) mass is 334 g/mol. The van der Waals surface area contributed by atoms with Crippen LogP contribution in [0.3, 0.4) is 0 Å². The zero-order chi connectivity index (χ0) is 17.4. The van der Waals surface area contributed by atoms with Gasteiger partial charge in [-0.3, -0.25) is 10.5 Å². The fourth-order valence-electron chi connectivity index (χ4n) is 3.07. The smallest absolute Gasteiger partial charge is 0.244 e. The van der Waals surface area contributed by atoms with E-state index >= 15 is 0 Å². The molecule has 0 aliphatic carbocycles. The molecule has 7 heteroatoms. The molecule has 7 nitrogen and oxygen atoms in total. The van der Waals surface area contributed by atoms with Gasteiger partial charge in [0.2, 0.25) is 11.8 Å². The van der Waals surface area contributed by atoms with Crippen molar-refractivity contribution in [3.05, 3.63) is 54.0 Å². The fourth-order valence-corrected chi connectivity index (χ4v) is 3.07. The number of benzene rings is 1. The first-order chi connectivity index (χ1) is 12.2. The Morgan fingerprint density at radius 1 is 1.28 bits per heavy atom. The zero-order valence-electron chi connectivity index (χ0n) is 13.3. The van der Waals surface area contributed by atoms with Crippen LogP contribution in [0.25, 0.3) is 11.3 Å². The first-order valence-electron chi connectivity index (χ1n) is 7.65. The maximum atomic E-state index is 9.56. The summed E-state index contributed by atoms with van der Waals surface area (Å²) in [5, 5.41) is 24.7. The van der Waals surface area contributed by atoms with Crippen LogP contribution in [0.4, 0.5) is 0 Å². The van der Waals surface area contributed by atoms with Gasteiger partial charge in [0.25, 0.3) is 0 Å². The highest BCUT2D eigenvalue weighted by Crippen LogP contribution is 2.45. The number of nitrogens with one attached hydrogen (secondary N) is 2. The number of H-pyrrole nitrogens is 1. The molecular weight excluding hydrogens is 320 g/mol. The van der Waals surface area contributed by atoms with Crippen LogP contribution in [0.1, 0.15) is 17.2 Å². The van der Waals surface area contributed by atoms with Gasteiger partial charge in [0.05, 0.1) is 36.6 Å². The maximum absolute atomic E-state index is 9.56. The summed E-state index contributed by atoms with van der Waals surface area (Å²) in [4.78, 5) is 0. The number of nitriles is 1. The lowest BCUT2D eigenvalue weighted by molar-refractivity contribution is 0.400. The van der Waals surface area contributed by atoms with Crippen molar-refractivity contribution in [1.29, 1.82) is 10.7 Å². The maximum Gasteiger partial charge on any atom is 0.244 e. The van der Waals surface area contributed by atoms with Gasteiger partial charge in [0, 0.05) is 5.56 Å². The van der Waals surface area contributed by atoms with Gasteiger partial charge in [-0.1, -0.05) is 0 Å². The first-order valence-corrected chi connectivity index (χ1v) is 7.65. The molecule has 4 rings (SSSR count). The van der Waals surface area contributed by atoms with Crippen molar-refractivity contribution < 1.29 is 13.9 Å². The molecular formula is C18H14N4O3. The molecule has 2 N–H and O–H groups in total. The molecule has 0 saturated carbocycles. The molecule has 3 aromatic rings. The normalized spacial score (nSPS) is 19.0. The van der Waals surface area contributed by atoms with Crippen molar-refractivity contribution in [2.45, 2.75) is 5.92 Å². The number of furan rings is 1. The number of hydrogen-bond acceptors (Lipinski definition) is 6. The molecule has 124 valence electrons. The van der Waals surface area contributed by atoms with Gasteiger partial charge < -0.3 is 13.9 Å². The minimum atomic E-state index is -0.784. The summed E-state index contributed by atoms with van der Waals surface area (Å²) in [7, 11) is 1.61. The standard InChI is InChI=1S/C18H14N4O3/c1-23-11-6-4-10(5-7-11)16-15-14(13-3-2-8-24-13)12(9-19)17(20)25-18(15)22-21-16/h2-8,12,14,20H,1H3,(H,21,22). The van der Waals surface area contributed by atoms with Crippen LogP contribution in [-0.2, 0) is 0 Å². The van der Waals surface area contributed by atoms with Crippen LogP contribution in [0.2, 0.25) is 0 Å². The number of ether oxygens (including phenoxy) is 2. The zero-order valence-corrected chi connectivity index (χ0v) is 13.3. The van der Waals surface area contributed by atoms with Crippen LogP contribution in [0.5, 0.6) is 11.6 Å². The molecule has 0 amide bonds. The summed E-state index contributed by atoms with van der Waals surface area (Å²) < 4.78 is 16.2. The minimum Gasteiger partial charge on any atom is -0.497 e. The average Bonchev–Trinajstić information content (AvgIpc) is 3.30. The Morgan fingerprint density at radius 2 is 2.08 bits per heavy atom. The third-order valence-electron chi connectivity index (χ3n) is 4.27. The molecule has 0 spiro atoms. The van der Waals surface area contributed by atoms with Crippen LogP contribution >= 0.6 is 0 Å². The van der Waals surface area contributed by atoms with E-state index in [0.717, 1.165) is 17.0 Å². The SMILES string of the molecule is COc1ccc(-c2[nH]nc3c2C(c2ccco2)C(C#N)C(=N)O3)cc1. The molecule has 2 aromatic heterocycles. The quantitative estimate of drug-likeness (QED) is 0.764. The Labute approximate surface area is 143 Å². The predicted molar refractivity (Wildman–Crippen MR) is 88.6 cm³/mol. The largest absolute Gasteiger partial charge is 0.497 e. The van der Waals surface area contributed by atoms with Crippen molar-refractivity contribution >= 4 is 5.90 Å². The summed E-state index contributed by atoms with van der Waals surface area (Å²) >= 11 is 0. The number of aromatic amines is 1. The molecule has 0 saturated heterocycles. The van der Waals surface area contributed by atoms with Gasteiger partial charge in [-0.25, -0.2) is 0 Å². The minimum absolute atomic E-state index is 0.135. The van der Waals surface area contributed by atoms with Gasteiger partial charge in [-0.05, 0) is 36.4 Å². The fraction of sp³-hybridized carbons (Fsp3) is 0.167. The van der Waals surface area contributed by atoms with Crippen molar-refractivity contribution in [2.24, 2.45) is 5.92 Å². The Kier molecular flexibility index (Phi) is 3.51. The summed E-state index contributed by atoms with van der Waals surface area (Å²) in [6.07, 6.45) is 1.55. The van der Waals surface area contributed by atoms with Crippen LogP contribution in [0.15, 0.2) is 47.1 Å². The van der Waals surface area contributed by atoms with Crippen LogP contribution in [0, 0.1) is 22.7 Å². The highest BCUT2D eigenvalue weighted by Gasteiger charge is 2.42. The number of nitrogens with zero attached hydrogens (tertiary/aromatic N) is 2. The van der Waals surface area contributed by atoms with E-state index in [1.54, 1.807) is 25.5 Å². The van der Waals surface area contributed by atoms with Crippen molar-refractivity contribution in [3.8, 4) is 29.0 Å². The van der Waals surface area contributed by atoms with Crippen molar-refractivity contribution in [1.82, 2.24) is 10.2 Å². The second-order valence-electron chi connectivity index (χ2n) is 5.61. The topological polar surface area (TPSA) is 108 Å². The highest BCUT2D eigenvalue weighted by atomic mass is 16.5. The van der Waals surface area contributed by atoms with Gasteiger partial charge >= 0.3 is 0 Å². The van der Waals surface area contributed by atoms with E-state index in [0.29, 0.717) is 17.2 Å². The number of methoxy groups -OCH3 is 1. The molecule has 0 bridgehead atoms. The van der Waals surface area contributed by atoms with Crippen LogP contribution in [-0.4, -0.2) is 23.2 Å². The Hall–Kier alpha value is -3.53. The van der Waals surface area contributed by atoms with Crippen molar-refractivity contribution in [2.75, 3.05) is 7.11 Å². The molecule has 2 unspecified atom stereocenters. The van der Waals surface area contributed by atoms with E-state index in [1.165, 1.54) is 0 Å². The molecule has 3 heterocycles. The summed E-state index contributed by atoms with van der Waals surface area (Å²) in [5.74, 6) is 0.248. The van der Waals surface area contributed by atoms with Gasteiger partial charge in [-0.15, -0.1) is 5.10 Å². The number of hydrogen-bond donors (Lipinski definition) is 2. The Bertz CT molecular complexity index is 951. The summed E-state index contributed by atoms with van der Waals surface area (Å²) in [6, 6.07) is 13.2. The molecule has 2 atom stereocenters. The average molecular weight is 334 g/mol. The number of fused-ring (bicyclic) bond motifs is 1. The van der Waals surface area contributed by atoms with E-state index < -0.39 is 11.8 Å². The second-order valence-corrected chi connectivity index (χ2v) is 5.61. The van der Waals surface area contributed by atoms with Gasteiger partial charge in [-0.2, -0.15) is 5.26 Å². The summed E-state index contributed by atoms with van der Waals surface area (Å²) in [6.45, 7) is 0. The van der Waals surface area contributed by atoms with E-state index in [2.05, 4.69) is 16.3 Å². The molecule has 0 radical (unpaired) electrons. The number of rotatable bonds is 3. The van der Waals surface area contributed by atoms with Crippen molar-refractivity contribution in [3.63, 3.8) is 0 Å². The molecule has 0 fully saturated rings. The third-order valence-corrected chi connectivity index (χ3v) is 4.27. The molecule has 1 aliphatic rings. The van der Waals surface area contributed by atoms with Gasteiger partial charge in [0.15, 0.2) is 0 Å². The van der Waals surface area contributed by atoms with E-state index in [4.69, 9.17) is 19.3 Å². The Morgan fingerprint density at radius 3 is 2.72 bits per heavy atom. The predicted octanol–water partition coefficient (Wildman–Crippen LogP) is 3.32. The lowest BCUT2D eigenvalue weighted by Crippen LogP contribution is -2.30. The lowest BCUT2D eigenvalue weighted by atomic mass is 9.82.